The van der Waals surface area contributed by atoms with Crippen LogP contribution in [0.4, 0.5) is 0 Å². The van der Waals surface area contributed by atoms with Gasteiger partial charge in [-0.05, 0) is 13.3 Å². The average Bonchev–Trinajstić information content (AvgIpc) is 1.82. The third-order valence-corrected chi connectivity index (χ3v) is 1.23. The Balaban J connectivity index is 3.25. The van der Waals surface area contributed by atoms with E-state index in [0.717, 1.165) is 19.3 Å². The Kier molecular flexibility index (Phi) is 4.62. The van der Waals surface area contributed by atoms with Gasteiger partial charge < -0.3 is 4.84 Å². The summed E-state index contributed by atoms with van der Waals surface area (Å²) in [5.41, 5.74) is 0. The maximum atomic E-state index is 9.76. The van der Waals surface area contributed by atoms with E-state index in [4.69, 9.17) is 0 Å². The lowest BCUT2D eigenvalue weighted by atomic mass is 10.2. The summed E-state index contributed by atoms with van der Waals surface area (Å²) in [5.74, 6) is 0. The quantitative estimate of drug-likeness (QED) is 0.440. The first-order valence-electron chi connectivity index (χ1n) is 3.48. The smallest absolute Gasteiger partial charge is 0.294 e. The Hall–Kier alpha value is -0.800. The normalized spacial score (nSPS) is 12.6. The monoisotopic (exact) mass is 147 g/mol. The first-order valence-corrected chi connectivity index (χ1v) is 3.48. The SMILES string of the molecule is CCCC[C@@H](C)O[N+](=O)[O-]. The van der Waals surface area contributed by atoms with Crippen LogP contribution >= 0.6 is 0 Å². The first kappa shape index (κ1) is 9.20. The Morgan fingerprint density at radius 2 is 2.30 bits per heavy atom. The zero-order valence-corrected chi connectivity index (χ0v) is 6.37. The van der Waals surface area contributed by atoms with Gasteiger partial charge >= 0.3 is 0 Å². The minimum Gasteiger partial charge on any atom is -0.311 e. The molecule has 60 valence electrons. The number of hydrogen-bond acceptors (Lipinski definition) is 3. The Morgan fingerprint density at radius 1 is 1.70 bits per heavy atom. The molecule has 0 aromatic carbocycles. The van der Waals surface area contributed by atoms with E-state index < -0.39 is 5.09 Å². The van der Waals surface area contributed by atoms with Gasteiger partial charge in [-0.3, -0.25) is 0 Å². The largest absolute Gasteiger partial charge is 0.311 e. The lowest BCUT2D eigenvalue weighted by Gasteiger charge is -2.06. The molecular weight excluding hydrogens is 134 g/mol. The van der Waals surface area contributed by atoms with Gasteiger partial charge in [0, 0.05) is 0 Å². The molecule has 0 aliphatic carbocycles. The van der Waals surface area contributed by atoms with Crippen LogP contribution in [0, 0.1) is 10.1 Å². The van der Waals surface area contributed by atoms with E-state index in [1.807, 2.05) is 6.92 Å². The van der Waals surface area contributed by atoms with E-state index in [1.165, 1.54) is 0 Å². The predicted octanol–water partition coefficient (Wildman–Crippen LogP) is 1.77. The molecule has 0 unspecified atom stereocenters. The molecule has 0 heterocycles. The summed E-state index contributed by atoms with van der Waals surface area (Å²) >= 11 is 0. The van der Waals surface area contributed by atoms with Gasteiger partial charge in [-0.15, -0.1) is 10.1 Å². The maximum absolute atomic E-state index is 9.76. The summed E-state index contributed by atoms with van der Waals surface area (Å²) in [4.78, 5) is 14.0. The highest BCUT2D eigenvalue weighted by Gasteiger charge is 2.04. The van der Waals surface area contributed by atoms with Crippen LogP contribution < -0.4 is 0 Å². The molecule has 0 aromatic rings. The molecule has 0 aliphatic heterocycles. The molecule has 0 spiro atoms. The highest BCUT2D eigenvalue weighted by atomic mass is 17.0. The Morgan fingerprint density at radius 3 is 2.70 bits per heavy atom. The standard InChI is InChI=1S/C6H13NO3/c1-3-4-5-6(2)10-7(8)9/h6H,3-5H2,1-2H3/t6-/m1/s1. The molecule has 10 heavy (non-hydrogen) atoms. The van der Waals surface area contributed by atoms with E-state index in [1.54, 1.807) is 6.92 Å². The fraction of sp³-hybridized carbons (Fsp3) is 1.00. The van der Waals surface area contributed by atoms with Crippen molar-refractivity contribution < 1.29 is 9.92 Å². The van der Waals surface area contributed by atoms with E-state index >= 15 is 0 Å². The van der Waals surface area contributed by atoms with Crippen molar-refractivity contribution in [2.24, 2.45) is 0 Å². The van der Waals surface area contributed by atoms with Gasteiger partial charge in [0.1, 0.15) is 6.10 Å². The molecule has 0 bridgehead atoms. The third kappa shape index (κ3) is 5.34. The molecule has 0 aromatic heterocycles. The second kappa shape index (κ2) is 5.02. The number of unbranched alkanes of at least 4 members (excludes halogenated alkanes) is 1. The van der Waals surface area contributed by atoms with Crippen LogP contribution in [0.15, 0.2) is 0 Å². The average molecular weight is 147 g/mol. The van der Waals surface area contributed by atoms with Crippen molar-refractivity contribution >= 4 is 0 Å². The predicted molar refractivity (Wildman–Crippen MR) is 37.1 cm³/mol. The number of nitrogens with zero attached hydrogens (tertiary/aromatic N) is 1. The first-order chi connectivity index (χ1) is 4.66. The van der Waals surface area contributed by atoms with Gasteiger partial charge in [0.15, 0.2) is 0 Å². The summed E-state index contributed by atoms with van der Waals surface area (Å²) in [7, 11) is 0. The van der Waals surface area contributed by atoms with Crippen molar-refractivity contribution in [1.29, 1.82) is 0 Å². The molecule has 1 atom stereocenters. The number of hydrogen-bond donors (Lipinski definition) is 0. The summed E-state index contributed by atoms with van der Waals surface area (Å²) in [6.07, 6.45) is 2.53. The molecule has 0 aliphatic rings. The zero-order chi connectivity index (χ0) is 7.98. The van der Waals surface area contributed by atoms with E-state index in [2.05, 4.69) is 4.84 Å². The summed E-state index contributed by atoms with van der Waals surface area (Å²) in [6.45, 7) is 3.75. The van der Waals surface area contributed by atoms with Gasteiger partial charge in [0.05, 0.1) is 0 Å². The van der Waals surface area contributed by atoms with Crippen LogP contribution in [-0.4, -0.2) is 11.2 Å². The fourth-order valence-electron chi connectivity index (χ4n) is 0.691. The molecule has 0 saturated heterocycles. The van der Waals surface area contributed by atoms with Crippen molar-refractivity contribution in [3.63, 3.8) is 0 Å². The lowest BCUT2D eigenvalue weighted by molar-refractivity contribution is -0.767. The molecule has 4 heteroatoms. The molecule has 0 amide bonds. The van der Waals surface area contributed by atoms with Gasteiger partial charge in [0.25, 0.3) is 5.09 Å². The number of rotatable bonds is 5. The second-order valence-corrected chi connectivity index (χ2v) is 2.28. The highest BCUT2D eigenvalue weighted by Crippen LogP contribution is 2.02. The van der Waals surface area contributed by atoms with Gasteiger partial charge in [0.2, 0.25) is 0 Å². The molecule has 0 radical (unpaired) electrons. The van der Waals surface area contributed by atoms with Crippen LogP contribution in [0.5, 0.6) is 0 Å². The maximum Gasteiger partial charge on any atom is 0.294 e. The van der Waals surface area contributed by atoms with Crippen molar-refractivity contribution in [3.8, 4) is 0 Å². The van der Waals surface area contributed by atoms with Gasteiger partial charge in [-0.25, -0.2) is 0 Å². The third-order valence-electron chi connectivity index (χ3n) is 1.23. The molecule has 0 rings (SSSR count). The van der Waals surface area contributed by atoms with Crippen LogP contribution in [0.2, 0.25) is 0 Å². The molecular formula is C6H13NO3. The summed E-state index contributed by atoms with van der Waals surface area (Å²) in [6, 6.07) is 0. The van der Waals surface area contributed by atoms with Crippen molar-refractivity contribution in [1.82, 2.24) is 0 Å². The van der Waals surface area contributed by atoms with Crippen LogP contribution in [0.25, 0.3) is 0 Å². The molecule has 4 nitrogen and oxygen atoms in total. The lowest BCUT2D eigenvalue weighted by Crippen LogP contribution is -2.12. The zero-order valence-electron chi connectivity index (χ0n) is 6.37. The Labute approximate surface area is 60.3 Å². The topological polar surface area (TPSA) is 52.4 Å². The highest BCUT2D eigenvalue weighted by molar-refractivity contribution is 4.45. The minimum atomic E-state index is -0.736. The molecule has 0 N–H and O–H groups in total. The minimum absolute atomic E-state index is 0.255. The molecule has 0 saturated carbocycles. The van der Waals surface area contributed by atoms with Crippen LogP contribution in [0.1, 0.15) is 33.1 Å². The summed E-state index contributed by atoms with van der Waals surface area (Å²) in [5, 5.41) is 9.02. The van der Waals surface area contributed by atoms with E-state index in [0.29, 0.717) is 0 Å². The fourth-order valence-corrected chi connectivity index (χ4v) is 0.691. The van der Waals surface area contributed by atoms with Crippen LogP contribution in [0.3, 0.4) is 0 Å². The van der Waals surface area contributed by atoms with Gasteiger partial charge in [-0.1, -0.05) is 19.8 Å². The van der Waals surface area contributed by atoms with Crippen molar-refractivity contribution in [2.75, 3.05) is 0 Å². The second-order valence-electron chi connectivity index (χ2n) is 2.28. The van der Waals surface area contributed by atoms with E-state index in [-0.39, 0.29) is 6.10 Å². The van der Waals surface area contributed by atoms with Crippen LogP contribution in [-0.2, 0) is 4.84 Å². The molecule has 0 fully saturated rings. The van der Waals surface area contributed by atoms with Crippen molar-refractivity contribution in [3.05, 3.63) is 10.1 Å². The van der Waals surface area contributed by atoms with Gasteiger partial charge in [-0.2, -0.15) is 0 Å². The van der Waals surface area contributed by atoms with E-state index in [9.17, 15) is 10.1 Å². The van der Waals surface area contributed by atoms with Crippen molar-refractivity contribution in [2.45, 2.75) is 39.2 Å². The Bertz CT molecular complexity index is 105. The summed E-state index contributed by atoms with van der Waals surface area (Å²) < 4.78 is 0.